The van der Waals surface area contributed by atoms with Crippen LogP contribution in [0.2, 0.25) is 0 Å². The Balaban J connectivity index is 1.68. The summed E-state index contributed by atoms with van der Waals surface area (Å²) in [6.07, 6.45) is 2.08. The van der Waals surface area contributed by atoms with Gasteiger partial charge < -0.3 is 4.74 Å². The molecule has 0 amide bonds. The van der Waals surface area contributed by atoms with Gasteiger partial charge in [-0.2, -0.15) is 0 Å². The zero-order valence-electron chi connectivity index (χ0n) is 15.0. The zero-order chi connectivity index (χ0) is 18.6. The van der Waals surface area contributed by atoms with Crippen LogP contribution in [0.15, 0.2) is 101 Å². The molecule has 3 heteroatoms. The number of aliphatic imine (C=N–C) groups is 1. The van der Waals surface area contributed by atoms with Gasteiger partial charge in [0.15, 0.2) is 0 Å². The van der Waals surface area contributed by atoms with Crippen LogP contribution in [-0.4, -0.2) is 11.4 Å². The van der Waals surface area contributed by atoms with Crippen LogP contribution < -0.4 is 15.3 Å². The fourth-order valence-corrected chi connectivity index (χ4v) is 4.02. The molecule has 0 saturated carbocycles. The minimum Gasteiger partial charge on any atom is -0.454 e. The topological polar surface area (TPSA) is 34.0 Å². The summed E-state index contributed by atoms with van der Waals surface area (Å²) < 4.78 is 6.59. The van der Waals surface area contributed by atoms with E-state index in [9.17, 15) is 0 Å². The Bertz CT molecular complexity index is 1350. The number of fused-ring (bicyclic) bond motifs is 4. The number of benzene rings is 4. The van der Waals surface area contributed by atoms with E-state index in [4.69, 9.17) is 14.7 Å². The lowest BCUT2D eigenvalue weighted by atomic mass is 9.97. The number of nitrogens with zero attached hydrogens (tertiary/aromatic N) is 2. The molecule has 0 aromatic heterocycles. The molecule has 2 heterocycles. The van der Waals surface area contributed by atoms with Crippen molar-refractivity contribution >= 4 is 28.2 Å². The lowest BCUT2D eigenvalue weighted by Crippen LogP contribution is -2.42. The molecule has 4 aromatic rings. The molecule has 3 nitrogen and oxygen atoms in total. The SMILES string of the molecule is C1=c2ccccc2=NC12Oc1ccc3ccccc3c1N=C2c1ccccc1. The van der Waals surface area contributed by atoms with Gasteiger partial charge in [0, 0.05) is 16.2 Å². The van der Waals surface area contributed by atoms with Gasteiger partial charge in [0.05, 0.1) is 5.36 Å². The second-order valence-corrected chi connectivity index (χ2v) is 7.07. The van der Waals surface area contributed by atoms with Crippen molar-refractivity contribution in [2.24, 2.45) is 9.98 Å². The first-order valence-electron chi connectivity index (χ1n) is 9.36. The third-order valence-corrected chi connectivity index (χ3v) is 5.31. The van der Waals surface area contributed by atoms with Crippen molar-refractivity contribution in [3.63, 3.8) is 0 Å². The van der Waals surface area contributed by atoms with Gasteiger partial charge in [-0.3, -0.25) is 0 Å². The van der Waals surface area contributed by atoms with E-state index < -0.39 is 5.72 Å². The van der Waals surface area contributed by atoms with Gasteiger partial charge in [-0.15, -0.1) is 0 Å². The lowest BCUT2D eigenvalue weighted by Gasteiger charge is -2.32. The number of hydrogen-bond donors (Lipinski definition) is 0. The van der Waals surface area contributed by atoms with Crippen molar-refractivity contribution in [1.82, 2.24) is 0 Å². The first-order valence-corrected chi connectivity index (χ1v) is 9.36. The molecule has 1 spiro atoms. The summed E-state index contributed by atoms with van der Waals surface area (Å²) in [6, 6.07) is 30.6. The Morgan fingerprint density at radius 1 is 0.714 bits per heavy atom. The Labute approximate surface area is 162 Å². The molecule has 0 aliphatic carbocycles. The van der Waals surface area contributed by atoms with E-state index in [2.05, 4.69) is 42.5 Å². The van der Waals surface area contributed by atoms with Crippen LogP contribution in [0.5, 0.6) is 5.75 Å². The Morgan fingerprint density at radius 3 is 2.39 bits per heavy atom. The first kappa shape index (κ1) is 15.3. The Kier molecular flexibility index (Phi) is 3.09. The molecule has 0 bridgehead atoms. The Hall–Kier alpha value is -3.72. The van der Waals surface area contributed by atoms with Crippen LogP contribution in [-0.2, 0) is 0 Å². The molecule has 28 heavy (non-hydrogen) atoms. The molecule has 132 valence electrons. The molecule has 0 radical (unpaired) electrons. The summed E-state index contributed by atoms with van der Waals surface area (Å²) in [7, 11) is 0. The summed E-state index contributed by atoms with van der Waals surface area (Å²) in [5, 5.41) is 4.22. The molecule has 6 rings (SSSR count). The largest absolute Gasteiger partial charge is 0.454 e. The van der Waals surface area contributed by atoms with Gasteiger partial charge in [-0.1, -0.05) is 78.9 Å². The average molecular weight is 360 g/mol. The van der Waals surface area contributed by atoms with Gasteiger partial charge in [-0.25, -0.2) is 9.98 Å². The van der Waals surface area contributed by atoms with Gasteiger partial charge in [0.1, 0.15) is 17.1 Å². The monoisotopic (exact) mass is 360 g/mol. The summed E-state index contributed by atoms with van der Waals surface area (Å²) in [4.78, 5) is 10.1. The maximum Gasteiger partial charge on any atom is 0.264 e. The summed E-state index contributed by atoms with van der Waals surface area (Å²) in [5.74, 6) is 0.756. The van der Waals surface area contributed by atoms with Gasteiger partial charge >= 0.3 is 0 Å². The molecular formula is C25H16N2O. The normalized spacial score (nSPS) is 19.2. The predicted molar refractivity (Wildman–Crippen MR) is 112 cm³/mol. The van der Waals surface area contributed by atoms with Crippen molar-refractivity contribution in [3.8, 4) is 5.75 Å². The van der Waals surface area contributed by atoms with Crippen molar-refractivity contribution < 1.29 is 4.74 Å². The third-order valence-electron chi connectivity index (χ3n) is 5.31. The summed E-state index contributed by atoms with van der Waals surface area (Å²) in [6.45, 7) is 0. The first-order chi connectivity index (χ1) is 13.8. The molecule has 0 N–H and O–H groups in total. The second kappa shape index (κ2) is 5.64. The third kappa shape index (κ3) is 2.16. The van der Waals surface area contributed by atoms with E-state index in [1.54, 1.807) is 0 Å². The number of para-hydroxylation sites is 1. The van der Waals surface area contributed by atoms with Gasteiger partial charge in [0.2, 0.25) is 0 Å². The Morgan fingerprint density at radius 2 is 1.50 bits per heavy atom. The smallest absolute Gasteiger partial charge is 0.264 e. The zero-order valence-corrected chi connectivity index (χ0v) is 15.0. The maximum atomic E-state index is 6.59. The molecule has 1 unspecified atom stereocenters. The average Bonchev–Trinajstić information content (AvgIpc) is 3.11. The van der Waals surface area contributed by atoms with E-state index in [1.165, 1.54) is 0 Å². The minimum atomic E-state index is -0.944. The quantitative estimate of drug-likeness (QED) is 0.502. The molecular weight excluding hydrogens is 344 g/mol. The van der Waals surface area contributed by atoms with Crippen LogP contribution in [0.3, 0.4) is 0 Å². The van der Waals surface area contributed by atoms with E-state index >= 15 is 0 Å². The highest BCUT2D eigenvalue weighted by molar-refractivity contribution is 6.15. The maximum absolute atomic E-state index is 6.59. The van der Waals surface area contributed by atoms with E-state index in [-0.39, 0.29) is 0 Å². The van der Waals surface area contributed by atoms with Crippen LogP contribution in [0.25, 0.3) is 16.8 Å². The number of rotatable bonds is 1. The van der Waals surface area contributed by atoms with Gasteiger partial charge in [0.25, 0.3) is 5.72 Å². The van der Waals surface area contributed by atoms with Crippen molar-refractivity contribution in [2.75, 3.05) is 0 Å². The fourth-order valence-electron chi connectivity index (χ4n) is 4.02. The fraction of sp³-hybridized carbons (Fsp3) is 0.0400. The van der Waals surface area contributed by atoms with E-state index in [0.29, 0.717) is 0 Å². The number of hydrogen-bond acceptors (Lipinski definition) is 3. The molecule has 0 fully saturated rings. The molecule has 2 aliphatic rings. The summed E-state index contributed by atoms with van der Waals surface area (Å²) in [5.41, 5.74) is 1.74. The standard InChI is InChI=1S/C25H16N2O/c1-2-9-18(10-3-1)24-25(16-19-11-5-7-13-21(19)27-25)28-22-15-14-17-8-4-6-12-20(17)23(22)26-24/h1-16H. The lowest BCUT2D eigenvalue weighted by molar-refractivity contribution is 0.214. The molecule has 2 aliphatic heterocycles. The van der Waals surface area contributed by atoms with Gasteiger partial charge in [-0.05, 0) is 23.6 Å². The van der Waals surface area contributed by atoms with Crippen LogP contribution >= 0.6 is 0 Å². The van der Waals surface area contributed by atoms with Crippen molar-refractivity contribution in [3.05, 3.63) is 107 Å². The molecule has 0 saturated heterocycles. The molecule has 1 atom stereocenters. The summed E-state index contributed by atoms with van der Waals surface area (Å²) >= 11 is 0. The molecule has 4 aromatic carbocycles. The number of ether oxygens (including phenoxy) is 1. The van der Waals surface area contributed by atoms with E-state index in [1.807, 2.05) is 54.6 Å². The van der Waals surface area contributed by atoms with Crippen molar-refractivity contribution in [1.29, 1.82) is 0 Å². The second-order valence-electron chi connectivity index (χ2n) is 7.07. The highest BCUT2D eigenvalue weighted by Crippen LogP contribution is 2.43. The highest BCUT2D eigenvalue weighted by atomic mass is 16.5. The van der Waals surface area contributed by atoms with Crippen LogP contribution in [0.1, 0.15) is 5.56 Å². The highest BCUT2D eigenvalue weighted by Gasteiger charge is 2.42. The van der Waals surface area contributed by atoms with Crippen LogP contribution in [0.4, 0.5) is 5.69 Å². The van der Waals surface area contributed by atoms with E-state index in [0.717, 1.165) is 44.1 Å². The van der Waals surface area contributed by atoms with Crippen molar-refractivity contribution in [2.45, 2.75) is 5.72 Å². The minimum absolute atomic E-state index is 0.756. The van der Waals surface area contributed by atoms with Crippen LogP contribution in [0, 0.1) is 0 Å². The predicted octanol–water partition coefficient (Wildman–Crippen LogP) is 4.16.